The predicted octanol–water partition coefficient (Wildman–Crippen LogP) is 3.52. The zero-order valence-electron chi connectivity index (χ0n) is 13.0. The van der Waals surface area contributed by atoms with E-state index >= 15 is 0 Å². The van der Waals surface area contributed by atoms with Crippen molar-refractivity contribution in [1.82, 2.24) is 0 Å². The number of hydrogen-bond acceptors (Lipinski definition) is 4. The van der Waals surface area contributed by atoms with Crippen LogP contribution in [-0.4, -0.2) is 18.5 Å². The smallest absolute Gasteiger partial charge is 0.316 e. The molecule has 120 valence electrons. The Labute approximate surface area is 139 Å². The molecule has 0 bridgehead atoms. The number of thiophene rings is 1. The molecule has 1 heterocycles. The van der Waals surface area contributed by atoms with Crippen molar-refractivity contribution in [3.05, 3.63) is 52.2 Å². The highest BCUT2D eigenvalue weighted by Gasteiger charge is 2.52. The minimum atomic E-state index is -0.463. The largest absolute Gasteiger partial charge is 0.465 e. The van der Waals surface area contributed by atoms with Crippen molar-refractivity contribution in [3.63, 3.8) is 0 Å². The fourth-order valence-corrected chi connectivity index (χ4v) is 3.36. The van der Waals surface area contributed by atoms with Gasteiger partial charge in [-0.05, 0) is 48.9 Å². The van der Waals surface area contributed by atoms with Crippen LogP contribution in [-0.2, 0) is 26.2 Å². The third kappa shape index (κ3) is 3.45. The average molecular weight is 329 g/mol. The highest BCUT2D eigenvalue weighted by Crippen LogP contribution is 2.49. The van der Waals surface area contributed by atoms with Crippen LogP contribution >= 0.6 is 11.3 Å². The Morgan fingerprint density at radius 1 is 1.22 bits per heavy atom. The molecule has 1 N–H and O–H groups in total. The Hall–Kier alpha value is -2.14. The highest BCUT2D eigenvalue weighted by molar-refractivity contribution is 7.10. The number of nitrogens with one attached hydrogen (secondary N) is 1. The van der Waals surface area contributed by atoms with Gasteiger partial charge < -0.3 is 10.1 Å². The minimum Gasteiger partial charge on any atom is -0.465 e. The summed E-state index contributed by atoms with van der Waals surface area (Å²) in [6.45, 7) is 2.22. The zero-order valence-corrected chi connectivity index (χ0v) is 13.8. The number of carbonyl (C=O) groups is 2. The van der Waals surface area contributed by atoms with Gasteiger partial charge in [0, 0.05) is 10.6 Å². The van der Waals surface area contributed by atoms with Crippen molar-refractivity contribution >= 4 is 28.9 Å². The van der Waals surface area contributed by atoms with E-state index in [9.17, 15) is 9.59 Å². The maximum absolute atomic E-state index is 12.1. The van der Waals surface area contributed by atoms with E-state index in [1.54, 1.807) is 11.3 Å². The molecule has 1 aliphatic rings. The summed E-state index contributed by atoms with van der Waals surface area (Å²) in [5.41, 5.74) is 1.25. The first-order valence-electron chi connectivity index (χ1n) is 7.74. The number of benzene rings is 1. The lowest BCUT2D eigenvalue weighted by Gasteiger charge is -2.14. The first-order valence-corrected chi connectivity index (χ1v) is 8.62. The quantitative estimate of drug-likeness (QED) is 0.825. The van der Waals surface area contributed by atoms with Crippen molar-refractivity contribution in [2.75, 3.05) is 11.9 Å². The molecule has 1 fully saturated rings. The number of ether oxygens (including phenoxy) is 1. The summed E-state index contributed by atoms with van der Waals surface area (Å²) in [7, 11) is 0. The number of esters is 1. The van der Waals surface area contributed by atoms with Crippen molar-refractivity contribution in [3.8, 4) is 0 Å². The first-order chi connectivity index (χ1) is 11.1. The van der Waals surface area contributed by atoms with Crippen LogP contribution in [0.1, 0.15) is 30.2 Å². The summed E-state index contributed by atoms with van der Waals surface area (Å²) in [4.78, 5) is 25.1. The maximum Gasteiger partial charge on any atom is 0.316 e. The summed E-state index contributed by atoms with van der Waals surface area (Å²) in [6, 6.07) is 11.4. The van der Waals surface area contributed by atoms with Gasteiger partial charge in [-0.1, -0.05) is 18.2 Å². The molecule has 0 spiro atoms. The van der Waals surface area contributed by atoms with Crippen LogP contribution in [0.4, 0.5) is 5.69 Å². The van der Waals surface area contributed by atoms with E-state index in [0.717, 1.165) is 29.0 Å². The predicted molar refractivity (Wildman–Crippen MR) is 90.6 cm³/mol. The number of amides is 1. The topological polar surface area (TPSA) is 55.4 Å². The van der Waals surface area contributed by atoms with Gasteiger partial charge in [0.1, 0.15) is 0 Å². The van der Waals surface area contributed by atoms with E-state index in [-0.39, 0.29) is 11.9 Å². The van der Waals surface area contributed by atoms with E-state index in [2.05, 4.69) is 5.32 Å². The van der Waals surface area contributed by atoms with Crippen LogP contribution < -0.4 is 5.32 Å². The fourth-order valence-electron chi connectivity index (χ4n) is 2.65. The van der Waals surface area contributed by atoms with E-state index in [4.69, 9.17) is 4.74 Å². The molecule has 1 aromatic carbocycles. The van der Waals surface area contributed by atoms with Crippen LogP contribution in [0.15, 0.2) is 41.8 Å². The Morgan fingerprint density at radius 2 is 1.96 bits per heavy atom. The molecular formula is C18H19NO3S. The van der Waals surface area contributed by atoms with Crippen LogP contribution in [0.2, 0.25) is 0 Å². The Kier molecular flexibility index (Phi) is 4.48. The van der Waals surface area contributed by atoms with Crippen molar-refractivity contribution in [2.45, 2.75) is 31.6 Å². The maximum atomic E-state index is 12.1. The number of anilines is 1. The SMILES string of the molecule is CCOC(=O)C1(c2ccc(NC(=O)Cc3cccs3)cc2)CC1. The van der Waals surface area contributed by atoms with Crippen LogP contribution in [0.5, 0.6) is 0 Å². The normalized spacial score (nSPS) is 15.0. The number of rotatable bonds is 6. The number of hydrogen-bond donors (Lipinski definition) is 1. The van der Waals surface area contributed by atoms with Gasteiger partial charge in [0.25, 0.3) is 0 Å². The van der Waals surface area contributed by atoms with E-state index in [0.29, 0.717) is 13.0 Å². The fraction of sp³-hybridized carbons (Fsp3) is 0.333. The van der Waals surface area contributed by atoms with Gasteiger partial charge in [0.2, 0.25) is 5.91 Å². The summed E-state index contributed by atoms with van der Waals surface area (Å²) in [5, 5.41) is 4.85. The van der Waals surface area contributed by atoms with Crippen LogP contribution in [0.3, 0.4) is 0 Å². The van der Waals surface area contributed by atoms with Gasteiger partial charge in [-0.3, -0.25) is 9.59 Å². The molecule has 0 aliphatic heterocycles. The van der Waals surface area contributed by atoms with Crippen molar-refractivity contribution < 1.29 is 14.3 Å². The van der Waals surface area contributed by atoms with Gasteiger partial charge in [0.15, 0.2) is 0 Å². The lowest BCUT2D eigenvalue weighted by Crippen LogP contribution is -2.23. The van der Waals surface area contributed by atoms with Crippen molar-refractivity contribution in [1.29, 1.82) is 0 Å². The van der Waals surface area contributed by atoms with Gasteiger partial charge >= 0.3 is 5.97 Å². The zero-order chi connectivity index (χ0) is 16.3. The molecule has 0 radical (unpaired) electrons. The Bertz CT molecular complexity index is 688. The van der Waals surface area contributed by atoms with E-state index in [1.807, 2.05) is 48.7 Å². The molecule has 3 rings (SSSR count). The molecule has 0 saturated heterocycles. The van der Waals surface area contributed by atoms with Gasteiger partial charge in [-0.2, -0.15) is 0 Å². The molecule has 1 saturated carbocycles. The van der Waals surface area contributed by atoms with Gasteiger partial charge in [-0.25, -0.2) is 0 Å². The Morgan fingerprint density at radius 3 is 2.52 bits per heavy atom. The molecule has 4 nitrogen and oxygen atoms in total. The second-order valence-electron chi connectivity index (χ2n) is 5.68. The first kappa shape index (κ1) is 15.7. The summed E-state index contributed by atoms with van der Waals surface area (Å²) in [6.07, 6.45) is 2.04. The highest BCUT2D eigenvalue weighted by atomic mass is 32.1. The van der Waals surface area contributed by atoms with Crippen molar-refractivity contribution in [2.24, 2.45) is 0 Å². The van der Waals surface area contributed by atoms with Gasteiger partial charge in [-0.15, -0.1) is 11.3 Å². The van der Waals surface area contributed by atoms with Crippen LogP contribution in [0.25, 0.3) is 0 Å². The standard InChI is InChI=1S/C18H19NO3S/c1-2-22-17(21)18(9-10-18)13-5-7-14(8-6-13)19-16(20)12-15-4-3-11-23-15/h3-8,11H,2,9-10,12H2,1H3,(H,19,20). The molecule has 2 aromatic rings. The Balaban J connectivity index is 1.63. The van der Waals surface area contributed by atoms with Gasteiger partial charge in [0.05, 0.1) is 18.4 Å². The monoisotopic (exact) mass is 329 g/mol. The summed E-state index contributed by atoms with van der Waals surface area (Å²) < 4.78 is 5.17. The second-order valence-corrected chi connectivity index (χ2v) is 6.72. The van der Waals surface area contributed by atoms with E-state index < -0.39 is 5.41 Å². The molecular weight excluding hydrogens is 310 g/mol. The molecule has 23 heavy (non-hydrogen) atoms. The molecule has 1 aliphatic carbocycles. The second kappa shape index (κ2) is 6.54. The molecule has 1 amide bonds. The third-order valence-corrected chi connectivity index (χ3v) is 4.93. The summed E-state index contributed by atoms with van der Waals surface area (Å²) in [5.74, 6) is -0.179. The van der Waals surface area contributed by atoms with E-state index in [1.165, 1.54) is 0 Å². The average Bonchev–Trinajstić information content (AvgIpc) is 3.20. The molecule has 1 aromatic heterocycles. The molecule has 0 atom stereocenters. The summed E-state index contributed by atoms with van der Waals surface area (Å²) >= 11 is 1.57. The molecule has 0 unspecified atom stereocenters. The van der Waals surface area contributed by atoms with Crippen LogP contribution in [0, 0.1) is 0 Å². The lowest BCUT2D eigenvalue weighted by atomic mass is 9.96. The molecule has 5 heteroatoms. The minimum absolute atomic E-state index is 0.0354. The number of carbonyl (C=O) groups excluding carboxylic acids is 2. The third-order valence-electron chi connectivity index (χ3n) is 4.05. The lowest BCUT2D eigenvalue weighted by molar-refractivity contribution is -0.146.